The first-order valence-corrected chi connectivity index (χ1v) is 11.2. The standard InChI is InChI=1S/C21H25N3O4S/c25-17(10-20-6-13-5-14(7-20)9-21(27,8-13)12-20)23-24-18(26)11-29-19-22-15-3-1-2-4-16(15)28-19/h1-4,13-14,27H,5-12H2,(H,23,25)(H,24,26)/t13-,14+,20?,21?. The Kier molecular flexibility index (Phi) is 4.58. The highest BCUT2D eigenvalue weighted by atomic mass is 32.2. The van der Waals surface area contributed by atoms with Gasteiger partial charge in [0.25, 0.3) is 5.22 Å². The number of amides is 2. The summed E-state index contributed by atoms with van der Waals surface area (Å²) in [5.74, 6) is 0.681. The smallest absolute Gasteiger partial charge is 0.257 e. The van der Waals surface area contributed by atoms with Gasteiger partial charge in [0.2, 0.25) is 11.8 Å². The highest BCUT2D eigenvalue weighted by Gasteiger charge is 2.57. The molecule has 0 spiro atoms. The molecule has 2 aromatic rings. The number of hydrazine groups is 1. The molecule has 2 unspecified atom stereocenters. The lowest BCUT2D eigenvalue weighted by atomic mass is 9.47. The van der Waals surface area contributed by atoms with Gasteiger partial charge in [0.1, 0.15) is 5.52 Å². The van der Waals surface area contributed by atoms with E-state index >= 15 is 0 Å². The van der Waals surface area contributed by atoms with Crippen molar-refractivity contribution in [3.05, 3.63) is 24.3 Å². The predicted molar refractivity (Wildman–Crippen MR) is 108 cm³/mol. The average Bonchev–Trinajstić information content (AvgIpc) is 3.05. The molecule has 2 amide bonds. The molecule has 0 saturated heterocycles. The van der Waals surface area contributed by atoms with Gasteiger partial charge in [0.15, 0.2) is 5.58 Å². The highest BCUT2D eigenvalue weighted by molar-refractivity contribution is 7.99. The molecule has 4 aliphatic rings. The fourth-order valence-electron chi connectivity index (χ4n) is 6.21. The van der Waals surface area contributed by atoms with Crippen LogP contribution in [-0.4, -0.2) is 33.3 Å². The second-order valence-electron chi connectivity index (χ2n) is 9.19. The van der Waals surface area contributed by atoms with E-state index < -0.39 is 5.60 Å². The third-order valence-corrected chi connectivity index (χ3v) is 7.46. The summed E-state index contributed by atoms with van der Waals surface area (Å²) >= 11 is 1.19. The summed E-state index contributed by atoms with van der Waals surface area (Å²) in [7, 11) is 0. The van der Waals surface area contributed by atoms with Gasteiger partial charge in [-0.2, -0.15) is 0 Å². The van der Waals surface area contributed by atoms with Crippen LogP contribution in [0.2, 0.25) is 0 Å². The lowest BCUT2D eigenvalue weighted by molar-refractivity contribution is -0.169. The van der Waals surface area contributed by atoms with Crippen molar-refractivity contribution in [2.75, 3.05) is 5.75 Å². The quantitative estimate of drug-likeness (QED) is 0.512. The number of hydrogen-bond acceptors (Lipinski definition) is 6. The Bertz CT molecular complexity index is 911. The molecule has 1 aromatic heterocycles. The number of aromatic nitrogens is 1. The van der Waals surface area contributed by atoms with Crippen LogP contribution in [0.3, 0.4) is 0 Å². The Morgan fingerprint density at radius 1 is 1.14 bits per heavy atom. The molecule has 4 aliphatic carbocycles. The molecule has 0 radical (unpaired) electrons. The van der Waals surface area contributed by atoms with Gasteiger partial charge < -0.3 is 9.52 Å². The zero-order chi connectivity index (χ0) is 20.1. The molecule has 8 heteroatoms. The lowest BCUT2D eigenvalue weighted by Gasteiger charge is -2.60. The summed E-state index contributed by atoms with van der Waals surface area (Å²) in [4.78, 5) is 28.9. The zero-order valence-corrected chi connectivity index (χ0v) is 17.0. The molecular weight excluding hydrogens is 390 g/mol. The van der Waals surface area contributed by atoms with Crippen LogP contribution < -0.4 is 10.9 Å². The van der Waals surface area contributed by atoms with Crippen LogP contribution in [0.1, 0.15) is 44.9 Å². The largest absolute Gasteiger partial charge is 0.431 e. The Balaban J connectivity index is 1.11. The van der Waals surface area contributed by atoms with Crippen LogP contribution in [0.4, 0.5) is 0 Å². The number of carbonyl (C=O) groups is 2. The molecule has 4 atom stereocenters. The molecule has 1 aromatic carbocycles. The van der Waals surface area contributed by atoms with Crippen LogP contribution in [-0.2, 0) is 9.59 Å². The number of para-hydroxylation sites is 2. The number of benzene rings is 1. The molecule has 4 saturated carbocycles. The maximum absolute atomic E-state index is 12.5. The lowest BCUT2D eigenvalue weighted by Crippen LogP contribution is -2.57. The predicted octanol–water partition coefficient (Wildman–Crippen LogP) is 2.79. The van der Waals surface area contributed by atoms with Crippen LogP contribution >= 0.6 is 11.8 Å². The maximum atomic E-state index is 12.5. The number of fused-ring (bicyclic) bond motifs is 1. The Morgan fingerprint density at radius 2 is 1.86 bits per heavy atom. The van der Waals surface area contributed by atoms with Crippen molar-refractivity contribution < 1.29 is 19.1 Å². The summed E-state index contributed by atoms with van der Waals surface area (Å²) in [6.07, 6.45) is 6.06. The van der Waals surface area contributed by atoms with Crippen molar-refractivity contribution in [3.8, 4) is 0 Å². The molecule has 7 nitrogen and oxygen atoms in total. The molecule has 1 heterocycles. The fourth-order valence-corrected chi connectivity index (χ4v) is 6.85. The summed E-state index contributed by atoms with van der Waals surface area (Å²) in [5, 5.41) is 11.2. The van der Waals surface area contributed by atoms with Gasteiger partial charge in [0, 0.05) is 6.42 Å². The first kappa shape index (κ1) is 18.9. The normalized spacial score (nSPS) is 32.4. The minimum absolute atomic E-state index is 0.0993. The third kappa shape index (κ3) is 3.88. The second kappa shape index (κ2) is 7.02. The van der Waals surface area contributed by atoms with Gasteiger partial charge in [-0.1, -0.05) is 23.9 Å². The monoisotopic (exact) mass is 415 g/mol. The summed E-state index contributed by atoms with van der Waals surface area (Å²) < 4.78 is 5.57. The van der Waals surface area contributed by atoms with Crippen molar-refractivity contribution in [1.29, 1.82) is 0 Å². The van der Waals surface area contributed by atoms with E-state index in [1.165, 1.54) is 18.2 Å². The SMILES string of the molecule is O=C(CSc1nc2ccccc2o1)NNC(=O)CC12C[C@@H]3C[C@@H](CC(O)(C3)C1)C2. The number of aliphatic hydroxyl groups is 1. The first-order valence-electron chi connectivity index (χ1n) is 10.2. The van der Waals surface area contributed by atoms with Gasteiger partial charge in [-0.3, -0.25) is 20.4 Å². The van der Waals surface area contributed by atoms with Crippen LogP contribution in [0.25, 0.3) is 11.1 Å². The minimum atomic E-state index is -0.580. The number of nitrogens with zero attached hydrogens (tertiary/aromatic N) is 1. The van der Waals surface area contributed by atoms with Crippen LogP contribution in [0.5, 0.6) is 0 Å². The first-order chi connectivity index (χ1) is 13.9. The zero-order valence-electron chi connectivity index (χ0n) is 16.1. The topological polar surface area (TPSA) is 104 Å². The average molecular weight is 416 g/mol. The third-order valence-electron chi connectivity index (χ3n) is 6.63. The van der Waals surface area contributed by atoms with E-state index in [1.807, 2.05) is 24.3 Å². The number of carbonyl (C=O) groups excluding carboxylic acids is 2. The number of oxazole rings is 1. The molecule has 4 fully saturated rings. The van der Waals surface area contributed by atoms with E-state index in [9.17, 15) is 14.7 Å². The van der Waals surface area contributed by atoms with Crippen molar-refractivity contribution >= 4 is 34.7 Å². The van der Waals surface area contributed by atoms with Crippen LogP contribution in [0.15, 0.2) is 33.9 Å². The van der Waals surface area contributed by atoms with Crippen LogP contribution in [0, 0.1) is 17.3 Å². The highest BCUT2D eigenvalue weighted by Crippen LogP contribution is 2.62. The molecule has 0 aliphatic heterocycles. The van der Waals surface area contributed by atoms with E-state index in [1.54, 1.807) is 0 Å². The van der Waals surface area contributed by atoms with Crippen molar-refractivity contribution in [2.45, 2.75) is 55.8 Å². The van der Waals surface area contributed by atoms with Gasteiger partial charge >= 0.3 is 0 Å². The number of rotatable bonds is 5. The summed E-state index contributed by atoms with van der Waals surface area (Å²) in [6, 6.07) is 7.42. The fraction of sp³-hybridized carbons (Fsp3) is 0.571. The van der Waals surface area contributed by atoms with E-state index in [0.717, 1.165) is 31.2 Å². The summed E-state index contributed by atoms with van der Waals surface area (Å²) in [6.45, 7) is 0. The number of nitrogens with one attached hydrogen (secondary N) is 2. The van der Waals surface area contributed by atoms with Gasteiger partial charge in [-0.25, -0.2) is 4.98 Å². The van der Waals surface area contributed by atoms with E-state index in [4.69, 9.17) is 4.42 Å². The van der Waals surface area contributed by atoms with Gasteiger partial charge in [-0.05, 0) is 67.9 Å². The Hall–Kier alpha value is -2.06. The molecular formula is C21H25N3O4S. The molecule has 4 bridgehead atoms. The van der Waals surface area contributed by atoms with Crippen molar-refractivity contribution in [3.63, 3.8) is 0 Å². The molecule has 3 N–H and O–H groups in total. The molecule has 6 rings (SSSR count). The summed E-state index contributed by atoms with van der Waals surface area (Å²) in [5.41, 5.74) is 5.78. The maximum Gasteiger partial charge on any atom is 0.257 e. The molecule has 154 valence electrons. The van der Waals surface area contributed by atoms with E-state index in [-0.39, 0.29) is 23.0 Å². The van der Waals surface area contributed by atoms with Gasteiger partial charge in [0.05, 0.1) is 11.4 Å². The Labute approximate surface area is 173 Å². The van der Waals surface area contributed by atoms with E-state index in [0.29, 0.717) is 35.5 Å². The number of thioether (sulfide) groups is 1. The Morgan fingerprint density at radius 3 is 2.59 bits per heavy atom. The molecule has 29 heavy (non-hydrogen) atoms. The second-order valence-corrected chi connectivity index (χ2v) is 10.1. The number of hydrogen-bond donors (Lipinski definition) is 3. The van der Waals surface area contributed by atoms with E-state index in [2.05, 4.69) is 15.8 Å². The van der Waals surface area contributed by atoms with Crippen molar-refractivity contribution in [1.82, 2.24) is 15.8 Å². The van der Waals surface area contributed by atoms with Gasteiger partial charge in [-0.15, -0.1) is 0 Å². The minimum Gasteiger partial charge on any atom is -0.431 e. The van der Waals surface area contributed by atoms with Crippen molar-refractivity contribution in [2.24, 2.45) is 17.3 Å².